The van der Waals surface area contributed by atoms with Crippen LogP contribution in [0.25, 0.3) is 0 Å². The molecule has 0 radical (unpaired) electrons. The first-order valence-electron chi connectivity index (χ1n) is 28.6. The van der Waals surface area contributed by atoms with E-state index in [0.717, 1.165) is 116 Å². The second-order valence-electron chi connectivity index (χ2n) is 19.6. The Hall–Kier alpha value is -3.32. The highest BCUT2D eigenvalue weighted by molar-refractivity contribution is 5.74. The normalized spacial score (nSPS) is 18.8. The predicted octanol–water partition coefficient (Wildman–Crippen LogP) is 14.2. The molecule has 410 valence electrons. The monoisotopic (exact) mass is 1000 g/mol. The van der Waals surface area contributed by atoms with E-state index in [1.165, 1.54) is 77.0 Å². The summed E-state index contributed by atoms with van der Waals surface area (Å²) in [7, 11) is 0. The van der Waals surface area contributed by atoms with Crippen LogP contribution in [0.1, 0.15) is 252 Å². The standard InChI is InChI=1S/C59H102O12/c1-4-7-10-13-16-19-22-23-24-25-26-27-28-29-32-35-38-41-44-47-53(62)70-57-55(64)54(63)56(58(65)66)71-59(57)68-49-50(69-52(61)46-43-40-37-34-31-21-18-15-12-9-6-3)48-67-51(60)45-42-39-36-33-30-20-17-14-11-8-5-2/h14-19,23-24,50,54-57,59,63-64H,4-13,20-22,25-49H2,1-3H3,(H,65,66)/b17-14-,18-15-,19-16-,24-23-. The summed E-state index contributed by atoms with van der Waals surface area (Å²) in [6.45, 7) is 5.87. The Balaban J connectivity index is 2.66. The van der Waals surface area contributed by atoms with Crippen molar-refractivity contribution in [3.63, 3.8) is 0 Å². The largest absolute Gasteiger partial charge is 0.479 e. The van der Waals surface area contributed by atoms with Gasteiger partial charge in [0.25, 0.3) is 0 Å². The van der Waals surface area contributed by atoms with Gasteiger partial charge < -0.3 is 39.0 Å². The molecule has 1 rings (SSSR count). The van der Waals surface area contributed by atoms with Crippen LogP contribution in [0.3, 0.4) is 0 Å². The van der Waals surface area contributed by atoms with E-state index in [1.54, 1.807) is 0 Å². The van der Waals surface area contributed by atoms with E-state index in [-0.39, 0.29) is 25.9 Å². The van der Waals surface area contributed by atoms with Gasteiger partial charge in [-0.1, -0.05) is 191 Å². The van der Waals surface area contributed by atoms with Crippen LogP contribution in [-0.2, 0) is 42.9 Å². The summed E-state index contributed by atoms with van der Waals surface area (Å²) in [4.78, 5) is 50.9. The second kappa shape index (κ2) is 47.7. The van der Waals surface area contributed by atoms with Crippen molar-refractivity contribution in [2.45, 2.75) is 289 Å². The Bertz CT molecular complexity index is 1420. The number of carbonyl (C=O) groups is 4. The van der Waals surface area contributed by atoms with E-state index in [2.05, 4.69) is 69.4 Å². The average Bonchev–Trinajstić information content (AvgIpc) is 3.35. The third-order valence-electron chi connectivity index (χ3n) is 12.8. The number of aliphatic hydroxyl groups is 2. The quantitative estimate of drug-likeness (QED) is 0.0228. The number of aliphatic hydroxyl groups excluding tert-OH is 2. The van der Waals surface area contributed by atoms with Crippen LogP contribution in [0.2, 0.25) is 0 Å². The van der Waals surface area contributed by atoms with Gasteiger partial charge in [0.15, 0.2) is 24.6 Å². The van der Waals surface area contributed by atoms with E-state index in [0.29, 0.717) is 19.3 Å². The number of allylic oxidation sites excluding steroid dienone is 8. The van der Waals surface area contributed by atoms with Crippen molar-refractivity contribution >= 4 is 23.9 Å². The molecule has 6 unspecified atom stereocenters. The van der Waals surface area contributed by atoms with Crippen LogP contribution in [0.5, 0.6) is 0 Å². The molecule has 6 atom stereocenters. The topological polar surface area (TPSA) is 175 Å². The third kappa shape index (κ3) is 38.0. The van der Waals surface area contributed by atoms with Crippen LogP contribution >= 0.6 is 0 Å². The summed E-state index contributed by atoms with van der Waals surface area (Å²) in [6, 6.07) is 0. The molecule has 12 nitrogen and oxygen atoms in total. The van der Waals surface area contributed by atoms with Crippen LogP contribution in [-0.4, -0.2) is 89.2 Å². The molecule has 1 aliphatic rings. The van der Waals surface area contributed by atoms with Crippen molar-refractivity contribution in [3.05, 3.63) is 48.6 Å². The van der Waals surface area contributed by atoms with Gasteiger partial charge in [0.05, 0.1) is 6.61 Å². The van der Waals surface area contributed by atoms with E-state index < -0.39 is 67.3 Å². The number of hydrogen-bond acceptors (Lipinski definition) is 11. The first kappa shape index (κ1) is 65.7. The molecule has 0 amide bonds. The molecule has 71 heavy (non-hydrogen) atoms. The van der Waals surface area contributed by atoms with Gasteiger partial charge in [0, 0.05) is 19.3 Å². The summed E-state index contributed by atoms with van der Waals surface area (Å²) >= 11 is 0. The maximum Gasteiger partial charge on any atom is 0.335 e. The number of hydrogen-bond donors (Lipinski definition) is 3. The smallest absolute Gasteiger partial charge is 0.335 e. The van der Waals surface area contributed by atoms with E-state index >= 15 is 0 Å². The number of aliphatic carboxylic acids is 1. The molecule has 1 saturated heterocycles. The van der Waals surface area contributed by atoms with Gasteiger partial charge in [0.1, 0.15) is 18.8 Å². The Morgan fingerprint density at radius 2 is 0.859 bits per heavy atom. The molecule has 0 aromatic heterocycles. The van der Waals surface area contributed by atoms with Crippen molar-refractivity contribution in [2.75, 3.05) is 13.2 Å². The molecule has 0 saturated carbocycles. The van der Waals surface area contributed by atoms with Crippen molar-refractivity contribution in [1.82, 2.24) is 0 Å². The number of unbranched alkanes of at least 4 members (excludes halogenated alkanes) is 26. The van der Waals surface area contributed by atoms with E-state index in [1.807, 2.05) is 0 Å². The molecule has 0 bridgehead atoms. The van der Waals surface area contributed by atoms with Crippen molar-refractivity contribution < 1.29 is 58.2 Å². The maximum atomic E-state index is 13.1. The number of carboxylic acid groups (broad SMARTS) is 1. The summed E-state index contributed by atoms with van der Waals surface area (Å²) in [5.74, 6) is -3.14. The van der Waals surface area contributed by atoms with Gasteiger partial charge in [0.2, 0.25) is 0 Å². The van der Waals surface area contributed by atoms with Crippen molar-refractivity contribution in [2.24, 2.45) is 0 Å². The zero-order chi connectivity index (χ0) is 51.8. The highest BCUT2D eigenvalue weighted by atomic mass is 16.7. The molecular formula is C59H102O12. The number of ether oxygens (including phenoxy) is 5. The number of rotatable bonds is 48. The summed E-state index contributed by atoms with van der Waals surface area (Å²) in [6.07, 6.45) is 43.8. The molecule has 3 N–H and O–H groups in total. The van der Waals surface area contributed by atoms with E-state index in [9.17, 15) is 34.5 Å². The fourth-order valence-electron chi connectivity index (χ4n) is 8.36. The van der Waals surface area contributed by atoms with Crippen molar-refractivity contribution in [3.8, 4) is 0 Å². The minimum atomic E-state index is -1.90. The Labute approximate surface area is 431 Å². The van der Waals surface area contributed by atoms with Gasteiger partial charge in [-0.2, -0.15) is 0 Å². The highest BCUT2D eigenvalue weighted by Gasteiger charge is 2.50. The highest BCUT2D eigenvalue weighted by Crippen LogP contribution is 2.26. The summed E-state index contributed by atoms with van der Waals surface area (Å²) in [5, 5.41) is 31.4. The molecular weight excluding hydrogens is 901 g/mol. The molecule has 1 aliphatic heterocycles. The molecule has 1 heterocycles. The number of esters is 3. The Morgan fingerprint density at radius 1 is 0.465 bits per heavy atom. The molecule has 0 aliphatic carbocycles. The fraction of sp³-hybridized carbons (Fsp3) is 0.797. The van der Waals surface area contributed by atoms with Gasteiger partial charge in [-0.15, -0.1) is 0 Å². The van der Waals surface area contributed by atoms with Gasteiger partial charge >= 0.3 is 23.9 Å². The van der Waals surface area contributed by atoms with Crippen LogP contribution < -0.4 is 0 Å². The van der Waals surface area contributed by atoms with Crippen LogP contribution in [0.15, 0.2) is 48.6 Å². The lowest BCUT2D eigenvalue weighted by atomic mass is 9.98. The third-order valence-corrected chi connectivity index (χ3v) is 12.8. The first-order valence-corrected chi connectivity index (χ1v) is 28.6. The maximum absolute atomic E-state index is 13.1. The lowest BCUT2D eigenvalue weighted by molar-refractivity contribution is -0.301. The average molecular weight is 1000 g/mol. The van der Waals surface area contributed by atoms with Gasteiger partial charge in [-0.25, -0.2) is 4.79 Å². The minimum absolute atomic E-state index is 0.0549. The Kier molecular flexibility index (Phi) is 44.1. The molecule has 0 aromatic carbocycles. The van der Waals surface area contributed by atoms with Crippen molar-refractivity contribution in [1.29, 1.82) is 0 Å². The summed E-state index contributed by atoms with van der Waals surface area (Å²) < 4.78 is 28.3. The Morgan fingerprint density at radius 3 is 1.32 bits per heavy atom. The second-order valence-corrected chi connectivity index (χ2v) is 19.6. The SMILES string of the molecule is CCCC/C=C\CCCCCCCC(=O)OCC(COC1OC(C(=O)O)C(O)C(O)C1OC(=O)CCCCCCCCCCC/C=C\C/C=C\CCCCC)OC(=O)CCCCCCC/C=C\CCCC. The summed E-state index contributed by atoms with van der Waals surface area (Å²) in [5.41, 5.74) is 0. The number of carboxylic acids is 1. The first-order chi connectivity index (χ1) is 34.6. The molecule has 0 spiro atoms. The van der Waals surface area contributed by atoms with Gasteiger partial charge in [-0.3, -0.25) is 14.4 Å². The molecule has 1 fully saturated rings. The number of carbonyl (C=O) groups excluding carboxylic acids is 3. The van der Waals surface area contributed by atoms with E-state index in [4.69, 9.17) is 23.7 Å². The zero-order valence-corrected chi connectivity index (χ0v) is 45.0. The fourth-order valence-corrected chi connectivity index (χ4v) is 8.36. The lowest BCUT2D eigenvalue weighted by Gasteiger charge is -2.40. The molecule has 0 aromatic rings. The lowest BCUT2D eigenvalue weighted by Crippen LogP contribution is -2.61. The van der Waals surface area contributed by atoms with Crippen LogP contribution in [0, 0.1) is 0 Å². The zero-order valence-electron chi connectivity index (χ0n) is 45.0. The minimum Gasteiger partial charge on any atom is -0.479 e. The van der Waals surface area contributed by atoms with Gasteiger partial charge in [-0.05, 0) is 89.9 Å². The van der Waals surface area contributed by atoms with Crippen LogP contribution in [0.4, 0.5) is 0 Å². The molecule has 12 heteroatoms. The predicted molar refractivity (Wildman–Crippen MR) is 285 cm³/mol.